The van der Waals surface area contributed by atoms with Gasteiger partial charge in [0.25, 0.3) is 0 Å². The molecule has 3 saturated carbocycles. The highest BCUT2D eigenvalue weighted by molar-refractivity contribution is 5.77. The quantitative estimate of drug-likeness (QED) is 0.677. The number of nitrogens with zero attached hydrogens (tertiary/aromatic N) is 1. The van der Waals surface area contributed by atoms with Crippen LogP contribution in [0.5, 0.6) is 0 Å². The third kappa shape index (κ3) is 2.61. The molecule has 4 fully saturated rings. The lowest BCUT2D eigenvalue weighted by atomic mass is 9.46. The average Bonchev–Trinajstić information content (AvgIpc) is 3.01. The van der Waals surface area contributed by atoms with E-state index in [-0.39, 0.29) is 22.7 Å². The number of likely N-dealkylation sites (tertiary alicyclic amines) is 1. The molecule has 1 saturated heterocycles. The zero-order valence-corrected chi connectivity index (χ0v) is 17.8. The molecule has 1 heterocycles. The molecule has 0 spiro atoms. The second-order valence-corrected chi connectivity index (χ2v) is 10.5. The van der Waals surface area contributed by atoms with Crippen LogP contribution >= 0.6 is 0 Å². The first-order valence-electron chi connectivity index (χ1n) is 11.1. The van der Waals surface area contributed by atoms with E-state index in [1.807, 2.05) is 7.05 Å². The maximum absolute atomic E-state index is 12.3. The molecule has 0 aromatic carbocycles. The summed E-state index contributed by atoms with van der Waals surface area (Å²) < 4.78 is 5.09. The molecule has 4 aliphatic rings. The zero-order chi connectivity index (χ0) is 19.6. The third-order valence-electron chi connectivity index (χ3n) is 9.81. The largest absolute Gasteiger partial charge is 0.469 e. The predicted octanol–water partition coefficient (Wildman–Crippen LogP) is 4.28. The van der Waals surface area contributed by atoms with Crippen LogP contribution in [0.1, 0.15) is 72.1 Å². The fourth-order valence-electron chi connectivity index (χ4n) is 8.36. The van der Waals surface area contributed by atoms with E-state index in [0.29, 0.717) is 17.9 Å². The third-order valence-corrected chi connectivity index (χ3v) is 9.81. The Bertz CT molecular complexity index is 633. The molecule has 4 heteroatoms. The van der Waals surface area contributed by atoms with Crippen molar-refractivity contribution < 1.29 is 14.3 Å². The van der Waals surface area contributed by atoms with Crippen LogP contribution in [0.4, 0.5) is 0 Å². The van der Waals surface area contributed by atoms with Gasteiger partial charge in [0.15, 0.2) is 0 Å². The van der Waals surface area contributed by atoms with Gasteiger partial charge in [0, 0.05) is 19.5 Å². The summed E-state index contributed by atoms with van der Waals surface area (Å²) in [5, 5.41) is 0. The predicted molar refractivity (Wildman–Crippen MR) is 105 cm³/mol. The van der Waals surface area contributed by atoms with Crippen LogP contribution < -0.4 is 0 Å². The van der Waals surface area contributed by atoms with Gasteiger partial charge in [-0.2, -0.15) is 0 Å². The Labute approximate surface area is 164 Å². The van der Waals surface area contributed by atoms with E-state index in [2.05, 4.69) is 25.7 Å². The highest BCUT2D eigenvalue weighted by Gasteiger charge is 2.62. The number of carbonyl (C=O) groups is 2. The lowest BCUT2D eigenvalue weighted by Gasteiger charge is -2.62. The minimum atomic E-state index is -0.0351. The van der Waals surface area contributed by atoms with Crippen LogP contribution in [-0.4, -0.2) is 37.0 Å². The minimum Gasteiger partial charge on any atom is -0.469 e. The second kappa shape index (κ2) is 6.49. The normalized spacial score (nSPS) is 47.7. The average molecular weight is 376 g/mol. The number of rotatable bonds is 2. The van der Waals surface area contributed by atoms with E-state index >= 15 is 0 Å². The summed E-state index contributed by atoms with van der Waals surface area (Å²) in [5.41, 5.74) is 0.549. The van der Waals surface area contributed by atoms with Crippen LogP contribution in [0.15, 0.2) is 0 Å². The van der Waals surface area contributed by atoms with Crippen molar-refractivity contribution in [3.05, 3.63) is 0 Å². The molecule has 1 unspecified atom stereocenters. The molecule has 1 amide bonds. The minimum absolute atomic E-state index is 0.00640. The highest BCUT2D eigenvalue weighted by Crippen LogP contribution is 2.67. The van der Waals surface area contributed by atoms with E-state index in [0.717, 1.165) is 37.0 Å². The lowest BCUT2D eigenvalue weighted by molar-refractivity contribution is -0.160. The van der Waals surface area contributed by atoms with Gasteiger partial charge in [0.1, 0.15) is 0 Å². The Morgan fingerprint density at radius 3 is 2.48 bits per heavy atom. The van der Waals surface area contributed by atoms with E-state index in [1.54, 1.807) is 0 Å². The molecule has 0 bridgehead atoms. The number of amides is 1. The number of hydrogen-bond acceptors (Lipinski definition) is 3. The van der Waals surface area contributed by atoms with Crippen LogP contribution in [0.3, 0.4) is 0 Å². The van der Waals surface area contributed by atoms with E-state index in [9.17, 15) is 9.59 Å². The highest BCUT2D eigenvalue weighted by atomic mass is 16.5. The van der Waals surface area contributed by atoms with Crippen molar-refractivity contribution in [1.29, 1.82) is 0 Å². The van der Waals surface area contributed by atoms with Crippen molar-refractivity contribution in [2.45, 2.75) is 78.2 Å². The molecule has 4 nitrogen and oxygen atoms in total. The molecule has 4 rings (SSSR count). The smallest absolute Gasteiger partial charge is 0.308 e. The van der Waals surface area contributed by atoms with Crippen LogP contribution in [0, 0.1) is 40.4 Å². The molecule has 0 N–H and O–H groups in total. The Hall–Kier alpha value is -1.06. The number of ether oxygens (including phenoxy) is 1. The zero-order valence-electron chi connectivity index (χ0n) is 17.8. The number of carbonyl (C=O) groups excluding carboxylic acids is 2. The summed E-state index contributed by atoms with van der Waals surface area (Å²) >= 11 is 0. The first-order chi connectivity index (χ1) is 12.7. The molecule has 1 aliphatic heterocycles. The molecule has 27 heavy (non-hydrogen) atoms. The number of hydrogen-bond donors (Lipinski definition) is 0. The maximum atomic E-state index is 12.3. The van der Waals surface area contributed by atoms with Crippen molar-refractivity contribution in [3.8, 4) is 0 Å². The first-order valence-corrected chi connectivity index (χ1v) is 11.1. The van der Waals surface area contributed by atoms with Crippen molar-refractivity contribution in [2.24, 2.45) is 40.4 Å². The van der Waals surface area contributed by atoms with Crippen LogP contribution in [0.25, 0.3) is 0 Å². The molecule has 0 radical (unpaired) electrons. The summed E-state index contributed by atoms with van der Waals surface area (Å²) in [6, 6.07) is 0.426. The van der Waals surface area contributed by atoms with Gasteiger partial charge < -0.3 is 9.64 Å². The molecule has 152 valence electrons. The Balaban J connectivity index is 1.59. The summed E-state index contributed by atoms with van der Waals surface area (Å²) in [6.45, 7) is 7.02. The lowest BCUT2D eigenvalue weighted by Crippen LogP contribution is -2.61. The Kier molecular flexibility index (Phi) is 4.63. The van der Waals surface area contributed by atoms with Gasteiger partial charge in [-0.15, -0.1) is 0 Å². The summed E-state index contributed by atoms with van der Waals surface area (Å²) in [7, 11) is 3.55. The first kappa shape index (κ1) is 19.3. The SMILES string of the molecule is COC(=O)C(C)[C@H]1CC[C@H]2[C@@H]3CC[C@H]4N(C)C(=O)CC[C@]4(C)[C@H]3CC[C@]12C. The van der Waals surface area contributed by atoms with Gasteiger partial charge in [-0.25, -0.2) is 0 Å². The molecular formula is C23H37NO3. The van der Waals surface area contributed by atoms with Crippen LogP contribution in [-0.2, 0) is 14.3 Å². The van der Waals surface area contributed by atoms with Gasteiger partial charge in [0.2, 0.25) is 5.91 Å². The summed E-state index contributed by atoms with van der Waals surface area (Å²) in [5.74, 6) is 2.99. The Morgan fingerprint density at radius 2 is 1.78 bits per heavy atom. The molecular weight excluding hydrogens is 338 g/mol. The van der Waals surface area contributed by atoms with Crippen molar-refractivity contribution in [2.75, 3.05) is 14.2 Å². The molecule has 0 aromatic rings. The summed E-state index contributed by atoms with van der Waals surface area (Å²) in [6.07, 6.45) is 9.11. The molecule has 8 atom stereocenters. The fourth-order valence-corrected chi connectivity index (χ4v) is 8.36. The number of esters is 1. The van der Waals surface area contributed by atoms with Gasteiger partial charge in [-0.3, -0.25) is 9.59 Å². The van der Waals surface area contributed by atoms with Gasteiger partial charge in [0.05, 0.1) is 13.0 Å². The monoisotopic (exact) mass is 375 g/mol. The van der Waals surface area contributed by atoms with Crippen LogP contribution in [0.2, 0.25) is 0 Å². The van der Waals surface area contributed by atoms with E-state index in [4.69, 9.17) is 4.74 Å². The van der Waals surface area contributed by atoms with E-state index < -0.39 is 0 Å². The topological polar surface area (TPSA) is 46.6 Å². The van der Waals surface area contributed by atoms with Crippen molar-refractivity contribution in [3.63, 3.8) is 0 Å². The number of fused-ring (bicyclic) bond motifs is 5. The number of piperidine rings is 1. The molecule has 3 aliphatic carbocycles. The molecule has 0 aromatic heterocycles. The maximum Gasteiger partial charge on any atom is 0.308 e. The Morgan fingerprint density at radius 1 is 1.07 bits per heavy atom. The summed E-state index contributed by atoms with van der Waals surface area (Å²) in [4.78, 5) is 26.6. The van der Waals surface area contributed by atoms with Gasteiger partial charge in [-0.05, 0) is 79.4 Å². The van der Waals surface area contributed by atoms with Gasteiger partial charge in [-0.1, -0.05) is 20.8 Å². The second-order valence-electron chi connectivity index (χ2n) is 10.5. The number of methoxy groups -OCH3 is 1. The standard InChI is InChI=1S/C23H37NO3/c1-14(21(26)27-5)16-7-8-17-15-6-9-19-23(3,13-11-20(25)24(19)4)18(15)10-12-22(16,17)2/h14-19H,6-13H2,1-5H3/t14?,15-,16+,17-,18-,19+,22+,23+/m0/s1. The fraction of sp³-hybridized carbons (Fsp3) is 0.913. The van der Waals surface area contributed by atoms with E-state index in [1.165, 1.54) is 39.2 Å². The van der Waals surface area contributed by atoms with Crippen molar-refractivity contribution >= 4 is 11.9 Å². The van der Waals surface area contributed by atoms with Gasteiger partial charge >= 0.3 is 5.97 Å². The van der Waals surface area contributed by atoms with Crippen molar-refractivity contribution in [1.82, 2.24) is 4.90 Å².